The fraction of sp³-hybridized carbons (Fsp3) is 0.500. The van der Waals surface area contributed by atoms with Gasteiger partial charge in [0.2, 0.25) is 0 Å². The van der Waals surface area contributed by atoms with Gasteiger partial charge in [0.1, 0.15) is 5.69 Å². The molecule has 0 atom stereocenters. The van der Waals surface area contributed by atoms with Crippen LogP contribution in [0.2, 0.25) is 0 Å². The number of anilines is 1. The number of piperazine rings is 1. The number of nitro groups is 1. The number of ether oxygens (including phenoxy) is 1. The fourth-order valence-corrected chi connectivity index (χ4v) is 2.51. The standard InChI is InChI=1S/C14H16F3N3O4/c1-24-13(21)9-18-4-6-19(7-5-18)11-3-2-10(14(15,16)17)8-12(11)20(22)23/h2-3,8H,4-7,9H2,1H3. The second-order valence-electron chi connectivity index (χ2n) is 5.30. The maximum Gasteiger partial charge on any atom is 0.416 e. The highest BCUT2D eigenvalue weighted by Gasteiger charge is 2.34. The fourth-order valence-electron chi connectivity index (χ4n) is 2.51. The molecule has 132 valence electrons. The first kappa shape index (κ1) is 18.0. The van der Waals surface area contributed by atoms with E-state index in [0.717, 1.165) is 12.1 Å². The van der Waals surface area contributed by atoms with E-state index in [1.165, 1.54) is 7.11 Å². The summed E-state index contributed by atoms with van der Waals surface area (Å²) < 4.78 is 42.7. The maximum atomic E-state index is 12.7. The van der Waals surface area contributed by atoms with E-state index in [1.807, 2.05) is 4.90 Å². The summed E-state index contributed by atoms with van der Waals surface area (Å²) in [7, 11) is 1.28. The van der Waals surface area contributed by atoms with Crippen LogP contribution in [0.3, 0.4) is 0 Å². The van der Waals surface area contributed by atoms with Crippen molar-refractivity contribution in [2.45, 2.75) is 6.18 Å². The third-order valence-corrected chi connectivity index (χ3v) is 3.79. The van der Waals surface area contributed by atoms with Crippen molar-refractivity contribution in [3.8, 4) is 0 Å². The number of hydrogen-bond donors (Lipinski definition) is 0. The Morgan fingerprint density at radius 2 is 1.92 bits per heavy atom. The number of nitrogens with zero attached hydrogens (tertiary/aromatic N) is 3. The van der Waals surface area contributed by atoms with Crippen molar-refractivity contribution < 1.29 is 27.6 Å². The third kappa shape index (κ3) is 4.13. The van der Waals surface area contributed by atoms with Gasteiger partial charge in [-0.3, -0.25) is 19.8 Å². The van der Waals surface area contributed by atoms with Gasteiger partial charge < -0.3 is 9.64 Å². The molecule has 1 aliphatic heterocycles. The Hall–Kier alpha value is -2.36. The van der Waals surface area contributed by atoms with E-state index in [-0.39, 0.29) is 18.2 Å². The molecule has 0 spiro atoms. The van der Waals surface area contributed by atoms with Gasteiger partial charge in [-0.1, -0.05) is 0 Å². The Balaban J connectivity index is 2.15. The molecule has 0 saturated carbocycles. The van der Waals surface area contributed by atoms with Crippen LogP contribution in [0.5, 0.6) is 0 Å². The molecule has 1 aliphatic rings. The zero-order valence-electron chi connectivity index (χ0n) is 12.9. The molecule has 2 rings (SSSR count). The first-order valence-corrected chi connectivity index (χ1v) is 7.12. The Morgan fingerprint density at radius 1 is 1.29 bits per heavy atom. The molecular formula is C14H16F3N3O4. The van der Waals surface area contributed by atoms with Gasteiger partial charge in [-0.25, -0.2) is 0 Å². The van der Waals surface area contributed by atoms with Gasteiger partial charge in [0, 0.05) is 32.2 Å². The number of esters is 1. The summed E-state index contributed by atoms with van der Waals surface area (Å²) in [6, 6.07) is 2.51. The van der Waals surface area contributed by atoms with Crippen molar-refractivity contribution in [2.24, 2.45) is 0 Å². The number of rotatable bonds is 4. The highest BCUT2D eigenvalue weighted by Crippen LogP contribution is 2.36. The lowest BCUT2D eigenvalue weighted by molar-refractivity contribution is -0.384. The number of halogens is 3. The third-order valence-electron chi connectivity index (χ3n) is 3.79. The SMILES string of the molecule is COC(=O)CN1CCN(c2ccc(C(F)(F)F)cc2[N+](=O)[O-])CC1. The van der Waals surface area contributed by atoms with Crippen molar-refractivity contribution in [3.63, 3.8) is 0 Å². The average molecular weight is 347 g/mol. The number of benzene rings is 1. The molecule has 1 heterocycles. The van der Waals surface area contributed by atoms with Crippen LogP contribution in [0.25, 0.3) is 0 Å². The van der Waals surface area contributed by atoms with Crippen LogP contribution in [0, 0.1) is 10.1 Å². The van der Waals surface area contributed by atoms with Crippen molar-refractivity contribution in [1.82, 2.24) is 4.90 Å². The Kier molecular flexibility index (Phi) is 5.27. The van der Waals surface area contributed by atoms with Gasteiger partial charge in [0.25, 0.3) is 5.69 Å². The lowest BCUT2D eigenvalue weighted by atomic mass is 10.1. The summed E-state index contributed by atoms with van der Waals surface area (Å²) in [5.41, 5.74) is -1.49. The largest absolute Gasteiger partial charge is 0.468 e. The van der Waals surface area contributed by atoms with Gasteiger partial charge in [-0.2, -0.15) is 13.2 Å². The Bertz CT molecular complexity index is 628. The van der Waals surface area contributed by atoms with Crippen LogP contribution in [0.4, 0.5) is 24.5 Å². The van der Waals surface area contributed by atoms with Crippen molar-refractivity contribution in [3.05, 3.63) is 33.9 Å². The molecule has 10 heteroatoms. The summed E-state index contributed by atoms with van der Waals surface area (Å²) in [6.45, 7) is 1.74. The minimum Gasteiger partial charge on any atom is -0.468 e. The monoisotopic (exact) mass is 347 g/mol. The molecule has 0 aliphatic carbocycles. The predicted octanol–water partition coefficient (Wildman–Crippen LogP) is 1.91. The minimum atomic E-state index is -4.64. The highest BCUT2D eigenvalue weighted by molar-refractivity contribution is 5.71. The van der Waals surface area contributed by atoms with Crippen LogP contribution in [-0.2, 0) is 15.7 Å². The Morgan fingerprint density at radius 3 is 2.42 bits per heavy atom. The predicted molar refractivity (Wildman–Crippen MR) is 78.8 cm³/mol. The molecule has 0 bridgehead atoms. The van der Waals surface area contributed by atoms with Crippen LogP contribution in [0.15, 0.2) is 18.2 Å². The molecule has 1 saturated heterocycles. The average Bonchev–Trinajstić information content (AvgIpc) is 2.54. The van der Waals surface area contributed by atoms with Crippen LogP contribution in [0.1, 0.15) is 5.56 Å². The van der Waals surface area contributed by atoms with Gasteiger partial charge in [0.05, 0.1) is 24.1 Å². The van der Waals surface area contributed by atoms with E-state index < -0.39 is 22.4 Å². The zero-order chi connectivity index (χ0) is 17.9. The van der Waals surface area contributed by atoms with Crippen molar-refractivity contribution >= 4 is 17.3 Å². The molecular weight excluding hydrogens is 331 g/mol. The number of hydrogen-bond acceptors (Lipinski definition) is 6. The summed E-state index contributed by atoms with van der Waals surface area (Å²) in [5.74, 6) is -0.385. The van der Waals surface area contributed by atoms with E-state index >= 15 is 0 Å². The van der Waals surface area contributed by atoms with E-state index in [1.54, 1.807) is 4.90 Å². The molecule has 1 aromatic carbocycles. The minimum absolute atomic E-state index is 0.111. The van der Waals surface area contributed by atoms with Crippen molar-refractivity contribution in [2.75, 3.05) is 44.7 Å². The van der Waals surface area contributed by atoms with Crippen LogP contribution in [-0.4, -0.2) is 55.6 Å². The highest BCUT2D eigenvalue weighted by atomic mass is 19.4. The number of carbonyl (C=O) groups excluding carboxylic acids is 1. The second kappa shape index (κ2) is 7.04. The van der Waals surface area contributed by atoms with Crippen LogP contribution < -0.4 is 4.90 Å². The number of alkyl halides is 3. The number of carbonyl (C=O) groups is 1. The van der Waals surface area contributed by atoms with Gasteiger partial charge in [-0.05, 0) is 12.1 Å². The van der Waals surface area contributed by atoms with Gasteiger partial charge in [0.15, 0.2) is 0 Å². The summed E-state index contributed by atoms with van der Waals surface area (Å²) in [5, 5.41) is 11.1. The van der Waals surface area contributed by atoms with E-state index in [9.17, 15) is 28.1 Å². The lowest BCUT2D eigenvalue weighted by Crippen LogP contribution is -2.48. The topological polar surface area (TPSA) is 75.9 Å². The molecule has 1 aromatic rings. The Labute approximate surface area is 135 Å². The summed E-state index contributed by atoms with van der Waals surface area (Å²) in [4.78, 5) is 25.0. The lowest BCUT2D eigenvalue weighted by Gasteiger charge is -2.35. The second-order valence-corrected chi connectivity index (χ2v) is 5.30. The first-order chi connectivity index (χ1) is 11.2. The molecule has 0 unspecified atom stereocenters. The maximum absolute atomic E-state index is 12.7. The number of nitro benzene ring substituents is 1. The molecule has 0 amide bonds. The molecule has 24 heavy (non-hydrogen) atoms. The molecule has 0 radical (unpaired) electrons. The normalized spacial score (nSPS) is 16.1. The summed E-state index contributed by atoms with van der Waals surface area (Å²) >= 11 is 0. The smallest absolute Gasteiger partial charge is 0.416 e. The molecule has 0 N–H and O–H groups in total. The van der Waals surface area contributed by atoms with E-state index in [4.69, 9.17) is 0 Å². The summed E-state index contributed by atoms with van der Waals surface area (Å²) in [6.07, 6.45) is -4.64. The van der Waals surface area contributed by atoms with Crippen LogP contribution >= 0.6 is 0 Å². The molecule has 1 fully saturated rings. The molecule has 0 aromatic heterocycles. The van der Waals surface area contributed by atoms with E-state index in [2.05, 4.69) is 4.74 Å². The van der Waals surface area contributed by atoms with Gasteiger partial charge in [-0.15, -0.1) is 0 Å². The first-order valence-electron chi connectivity index (χ1n) is 7.12. The number of methoxy groups -OCH3 is 1. The molecule has 7 nitrogen and oxygen atoms in total. The van der Waals surface area contributed by atoms with Crippen molar-refractivity contribution in [1.29, 1.82) is 0 Å². The quantitative estimate of drug-likeness (QED) is 0.470. The van der Waals surface area contributed by atoms with E-state index in [0.29, 0.717) is 32.2 Å². The van der Waals surface area contributed by atoms with Gasteiger partial charge >= 0.3 is 12.1 Å². The zero-order valence-corrected chi connectivity index (χ0v) is 12.9.